The molecule has 0 saturated carbocycles. The fourth-order valence-corrected chi connectivity index (χ4v) is 4.46. The number of likely N-dealkylation sites (tertiary alicyclic amines) is 1. The van der Waals surface area contributed by atoms with Crippen LogP contribution >= 0.6 is 11.6 Å². The minimum Gasteiger partial charge on any atom is -0.497 e. The van der Waals surface area contributed by atoms with E-state index in [4.69, 9.17) is 16.3 Å². The highest BCUT2D eigenvalue weighted by Crippen LogP contribution is 2.31. The number of carbonyl (C=O) groups is 2. The summed E-state index contributed by atoms with van der Waals surface area (Å²) in [5, 5.41) is 11.7. The standard InChI is InChI=1S/C22H23ClN2O4/c1-29-18-8-6-17(7-9-18)25-20(26)14-19(21(25)27)24-12-10-22(28,11-13-24)15-2-4-16(23)5-3-15/h2-9,19,28H,10-14H2,1H3/p+1/t19-/m1/s1. The molecule has 0 aliphatic carbocycles. The van der Waals surface area contributed by atoms with Crippen molar-refractivity contribution in [3.05, 3.63) is 59.1 Å². The Bertz CT molecular complexity index is 905. The van der Waals surface area contributed by atoms with Crippen LogP contribution in [0, 0.1) is 0 Å². The highest BCUT2D eigenvalue weighted by molar-refractivity contribution is 6.30. The van der Waals surface area contributed by atoms with E-state index in [1.54, 1.807) is 43.5 Å². The zero-order valence-electron chi connectivity index (χ0n) is 16.2. The van der Waals surface area contributed by atoms with E-state index in [1.165, 1.54) is 4.90 Å². The Morgan fingerprint density at radius 1 is 1.07 bits per heavy atom. The Labute approximate surface area is 174 Å². The van der Waals surface area contributed by atoms with Crippen molar-refractivity contribution in [2.45, 2.75) is 30.9 Å². The number of anilines is 1. The van der Waals surface area contributed by atoms with Crippen LogP contribution in [-0.2, 0) is 15.2 Å². The quantitative estimate of drug-likeness (QED) is 0.743. The molecule has 2 aliphatic rings. The van der Waals surface area contributed by atoms with Gasteiger partial charge in [-0.15, -0.1) is 0 Å². The molecule has 2 amide bonds. The first kappa shape index (κ1) is 19.9. The molecule has 2 fully saturated rings. The van der Waals surface area contributed by atoms with E-state index < -0.39 is 11.6 Å². The molecule has 2 aromatic carbocycles. The molecule has 6 nitrogen and oxygen atoms in total. The van der Waals surface area contributed by atoms with Gasteiger partial charge in [0.2, 0.25) is 5.91 Å². The summed E-state index contributed by atoms with van der Waals surface area (Å²) < 4.78 is 5.14. The van der Waals surface area contributed by atoms with Gasteiger partial charge in [-0.05, 0) is 42.0 Å². The van der Waals surface area contributed by atoms with Crippen molar-refractivity contribution in [1.82, 2.24) is 0 Å². The summed E-state index contributed by atoms with van der Waals surface area (Å²) in [4.78, 5) is 27.9. The number of benzene rings is 2. The predicted molar refractivity (Wildman–Crippen MR) is 109 cm³/mol. The van der Waals surface area contributed by atoms with Crippen LogP contribution in [-0.4, -0.2) is 43.2 Å². The number of hydrogen-bond acceptors (Lipinski definition) is 4. The van der Waals surface area contributed by atoms with Gasteiger partial charge in [0.05, 0.1) is 32.3 Å². The number of aliphatic hydroxyl groups is 1. The maximum absolute atomic E-state index is 13.0. The van der Waals surface area contributed by atoms with Gasteiger partial charge in [0, 0.05) is 17.9 Å². The summed E-state index contributed by atoms with van der Waals surface area (Å²) in [6, 6.07) is 13.8. The Kier molecular flexibility index (Phi) is 5.34. The SMILES string of the molecule is COc1ccc(N2C(=O)C[C@@H]([NH+]3CCC(O)(c4ccc(Cl)cc4)CC3)C2=O)cc1. The van der Waals surface area contributed by atoms with Gasteiger partial charge >= 0.3 is 0 Å². The number of amides is 2. The van der Waals surface area contributed by atoms with E-state index in [0.29, 0.717) is 42.4 Å². The number of halogens is 1. The third kappa shape index (κ3) is 3.75. The molecule has 1 atom stereocenters. The maximum Gasteiger partial charge on any atom is 0.292 e. The average Bonchev–Trinajstić information content (AvgIpc) is 3.03. The smallest absolute Gasteiger partial charge is 0.292 e. The monoisotopic (exact) mass is 415 g/mol. The van der Waals surface area contributed by atoms with Crippen molar-refractivity contribution in [3.63, 3.8) is 0 Å². The van der Waals surface area contributed by atoms with Crippen molar-refractivity contribution < 1.29 is 24.3 Å². The lowest BCUT2D eigenvalue weighted by Crippen LogP contribution is -3.18. The van der Waals surface area contributed by atoms with Crippen molar-refractivity contribution in [2.24, 2.45) is 0 Å². The molecule has 0 spiro atoms. The number of nitrogens with zero attached hydrogens (tertiary/aromatic N) is 1. The van der Waals surface area contributed by atoms with Crippen molar-refractivity contribution in [2.75, 3.05) is 25.1 Å². The zero-order valence-corrected chi connectivity index (χ0v) is 17.0. The third-order valence-corrected chi connectivity index (χ3v) is 6.32. The number of nitrogens with one attached hydrogen (secondary N) is 1. The second-order valence-corrected chi connectivity index (χ2v) is 8.16. The molecule has 4 rings (SSSR count). The Morgan fingerprint density at radius 2 is 1.69 bits per heavy atom. The van der Waals surface area contributed by atoms with Crippen molar-refractivity contribution in [1.29, 1.82) is 0 Å². The Morgan fingerprint density at radius 3 is 2.28 bits per heavy atom. The van der Waals surface area contributed by atoms with Crippen LogP contribution < -0.4 is 14.5 Å². The number of piperidine rings is 1. The van der Waals surface area contributed by atoms with Crippen LogP contribution in [0.25, 0.3) is 0 Å². The van der Waals surface area contributed by atoms with Gasteiger partial charge in [-0.2, -0.15) is 0 Å². The summed E-state index contributed by atoms with van der Waals surface area (Å²) in [7, 11) is 1.57. The maximum atomic E-state index is 13.0. The molecule has 152 valence electrons. The largest absolute Gasteiger partial charge is 0.497 e. The van der Waals surface area contributed by atoms with Crippen molar-refractivity contribution >= 4 is 29.1 Å². The summed E-state index contributed by atoms with van der Waals surface area (Å²) in [6.07, 6.45) is 1.26. The number of ether oxygens (including phenoxy) is 1. The van der Waals surface area contributed by atoms with Gasteiger partial charge in [-0.1, -0.05) is 23.7 Å². The lowest BCUT2D eigenvalue weighted by atomic mass is 9.84. The molecular formula is C22H24ClN2O4+. The van der Waals surface area contributed by atoms with Gasteiger partial charge < -0.3 is 14.7 Å². The van der Waals surface area contributed by atoms with Gasteiger partial charge in [0.15, 0.2) is 6.04 Å². The molecule has 2 heterocycles. The topological polar surface area (TPSA) is 71.3 Å². The van der Waals surface area contributed by atoms with Crippen LogP contribution in [0.5, 0.6) is 5.75 Å². The van der Waals surface area contributed by atoms with Crippen LogP contribution in [0.2, 0.25) is 5.02 Å². The lowest BCUT2D eigenvalue weighted by molar-refractivity contribution is -0.922. The number of quaternary nitrogens is 1. The van der Waals surface area contributed by atoms with Gasteiger partial charge in [-0.3, -0.25) is 9.59 Å². The molecule has 2 aliphatic heterocycles. The van der Waals surface area contributed by atoms with E-state index in [1.807, 2.05) is 12.1 Å². The predicted octanol–water partition coefficient (Wildman–Crippen LogP) is 1.55. The second kappa shape index (κ2) is 7.78. The van der Waals surface area contributed by atoms with E-state index in [-0.39, 0.29) is 18.2 Å². The molecule has 0 unspecified atom stereocenters. The van der Waals surface area contributed by atoms with Crippen LogP contribution in [0.3, 0.4) is 0 Å². The summed E-state index contributed by atoms with van der Waals surface area (Å²) in [6.45, 7) is 1.25. The fraction of sp³-hybridized carbons (Fsp3) is 0.364. The first-order valence-corrected chi connectivity index (χ1v) is 10.1. The Balaban J connectivity index is 1.45. The number of imide groups is 1. The number of rotatable bonds is 4. The van der Waals surface area contributed by atoms with E-state index in [9.17, 15) is 14.7 Å². The van der Waals surface area contributed by atoms with Crippen LogP contribution in [0.15, 0.2) is 48.5 Å². The highest BCUT2D eigenvalue weighted by Gasteiger charge is 2.48. The normalized spacial score (nSPS) is 27.3. The Hall–Kier alpha value is -2.41. The highest BCUT2D eigenvalue weighted by atomic mass is 35.5. The molecule has 0 bridgehead atoms. The molecule has 0 aromatic heterocycles. The van der Waals surface area contributed by atoms with Gasteiger partial charge in [0.1, 0.15) is 11.4 Å². The number of hydrogen-bond donors (Lipinski definition) is 2. The zero-order chi connectivity index (χ0) is 20.6. The summed E-state index contributed by atoms with van der Waals surface area (Å²) >= 11 is 5.95. The fourth-order valence-electron chi connectivity index (χ4n) is 4.34. The van der Waals surface area contributed by atoms with Gasteiger partial charge in [0.25, 0.3) is 5.91 Å². The van der Waals surface area contributed by atoms with Crippen LogP contribution in [0.1, 0.15) is 24.8 Å². The average molecular weight is 416 g/mol. The lowest BCUT2D eigenvalue weighted by Gasteiger charge is -2.38. The van der Waals surface area contributed by atoms with Crippen LogP contribution in [0.4, 0.5) is 5.69 Å². The molecule has 2 aromatic rings. The first-order valence-electron chi connectivity index (χ1n) is 9.75. The molecule has 2 saturated heterocycles. The summed E-state index contributed by atoms with van der Waals surface area (Å²) in [5.41, 5.74) is 0.488. The number of methoxy groups -OCH3 is 1. The van der Waals surface area contributed by atoms with E-state index in [2.05, 4.69) is 0 Å². The second-order valence-electron chi connectivity index (χ2n) is 7.72. The van der Waals surface area contributed by atoms with E-state index >= 15 is 0 Å². The minimum atomic E-state index is -0.921. The molecule has 29 heavy (non-hydrogen) atoms. The molecule has 7 heteroatoms. The molecule has 0 radical (unpaired) electrons. The molecule has 2 N–H and O–H groups in total. The summed E-state index contributed by atoms with van der Waals surface area (Å²) in [5.74, 6) is 0.316. The third-order valence-electron chi connectivity index (χ3n) is 6.07. The van der Waals surface area contributed by atoms with Crippen molar-refractivity contribution in [3.8, 4) is 5.75 Å². The first-order chi connectivity index (χ1) is 13.9. The number of carbonyl (C=O) groups excluding carboxylic acids is 2. The van der Waals surface area contributed by atoms with Gasteiger partial charge in [-0.25, -0.2) is 4.90 Å². The van der Waals surface area contributed by atoms with E-state index in [0.717, 1.165) is 10.5 Å². The minimum absolute atomic E-state index is 0.174. The molecular weight excluding hydrogens is 392 g/mol.